The molecule has 0 atom stereocenters. The van der Waals surface area contributed by atoms with Crippen LogP contribution in [0.5, 0.6) is 0 Å². The Labute approximate surface area is 183 Å². The second-order valence-electron chi connectivity index (χ2n) is 6.49. The molecule has 2 aromatic rings. The minimum Gasteiger partial charge on any atom is -0.378 e. The van der Waals surface area contributed by atoms with Gasteiger partial charge in [0.05, 0.1) is 19.8 Å². The van der Waals surface area contributed by atoms with Crippen molar-refractivity contribution in [3.8, 4) is 18.4 Å². The zero-order valence-electron chi connectivity index (χ0n) is 17.1. The maximum Gasteiger partial charge on any atom is 0.270 e. The van der Waals surface area contributed by atoms with E-state index in [0.29, 0.717) is 29.0 Å². The van der Waals surface area contributed by atoms with Crippen molar-refractivity contribution in [2.75, 3.05) is 43.1 Å². The van der Waals surface area contributed by atoms with Crippen molar-refractivity contribution in [3.05, 3.63) is 37.9 Å². The largest absolute Gasteiger partial charge is 0.378 e. The standard InChI is InChI=1S/C21H22N6O3S/c1-3-6-24-19(28)16(13-22)21-27(4-2)20(29)17(31-21)14-25-15-5-7-23-18(12-15)26-8-10-30-11-9-26/h1,5,7,12,14H,4,6,8-11H2,2H3,(H,23,25)(H,24,28). The maximum absolute atomic E-state index is 12.8. The molecule has 0 aromatic carbocycles. The molecular formula is C21H22N6O3S. The van der Waals surface area contributed by atoms with Crippen LogP contribution in [0.25, 0.3) is 11.8 Å². The smallest absolute Gasteiger partial charge is 0.270 e. The summed E-state index contributed by atoms with van der Waals surface area (Å²) in [5, 5.41) is 15.1. The monoisotopic (exact) mass is 438 g/mol. The Morgan fingerprint density at radius 3 is 2.90 bits per heavy atom. The molecule has 1 saturated heterocycles. The molecule has 10 heteroatoms. The van der Waals surface area contributed by atoms with Crippen LogP contribution < -0.4 is 30.3 Å². The topological polar surface area (TPSA) is 112 Å². The molecule has 1 aliphatic heterocycles. The van der Waals surface area contributed by atoms with E-state index in [1.807, 2.05) is 12.1 Å². The zero-order chi connectivity index (χ0) is 22.2. The maximum atomic E-state index is 12.8. The molecule has 1 fully saturated rings. The van der Waals surface area contributed by atoms with Crippen LogP contribution >= 0.6 is 11.3 Å². The van der Waals surface area contributed by atoms with Crippen LogP contribution in [-0.4, -0.2) is 48.3 Å². The lowest BCUT2D eigenvalue weighted by molar-refractivity contribution is -0.115. The molecular weight excluding hydrogens is 416 g/mol. The molecule has 160 valence electrons. The lowest BCUT2D eigenvalue weighted by atomic mass is 10.3. The van der Waals surface area contributed by atoms with Gasteiger partial charge in [0.15, 0.2) is 5.57 Å². The lowest BCUT2D eigenvalue weighted by Crippen LogP contribution is -2.36. The van der Waals surface area contributed by atoms with E-state index in [1.165, 1.54) is 4.57 Å². The van der Waals surface area contributed by atoms with E-state index in [2.05, 4.69) is 26.4 Å². The average molecular weight is 439 g/mol. The molecule has 2 N–H and O–H groups in total. The van der Waals surface area contributed by atoms with E-state index in [0.717, 1.165) is 35.9 Å². The fourth-order valence-corrected chi connectivity index (χ4v) is 4.12. The average Bonchev–Trinajstić information content (AvgIpc) is 3.12. The molecule has 2 aromatic heterocycles. The molecule has 1 amide bonds. The SMILES string of the molecule is C#CCNC(=O)C(C#N)=c1sc(=CNc2ccnc(N3CCOCC3)c2)c(=O)n1CC. The number of nitrogens with one attached hydrogen (secondary N) is 2. The van der Waals surface area contributed by atoms with Crippen LogP contribution in [0.3, 0.4) is 0 Å². The Balaban J connectivity index is 1.95. The van der Waals surface area contributed by atoms with Gasteiger partial charge in [0.2, 0.25) is 0 Å². The predicted molar refractivity (Wildman–Crippen MR) is 120 cm³/mol. The highest BCUT2D eigenvalue weighted by Crippen LogP contribution is 2.17. The number of amides is 1. The third-order valence-electron chi connectivity index (χ3n) is 4.58. The molecule has 0 unspecified atom stereocenters. The summed E-state index contributed by atoms with van der Waals surface area (Å²) in [5.74, 6) is 2.51. The first-order chi connectivity index (χ1) is 15.1. The number of thiazole rings is 1. The van der Waals surface area contributed by atoms with Crippen LogP contribution in [0.4, 0.5) is 11.5 Å². The number of pyridine rings is 1. The number of morpholine rings is 1. The van der Waals surface area contributed by atoms with Gasteiger partial charge in [0.25, 0.3) is 11.5 Å². The Morgan fingerprint density at radius 2 is 2.23 bits per heavy atom. The number of rotatable bonds is 6. The molecule has 0 radical (unpaired) electrons. The number of anilines is 2. The number of carbonyl (C=O) groups excluding carboxylic acids is 1. The van der Waals surface area contributed by atoms with Gasteiger partial charge in [0, 0.05) is 43.8 Å². The van der Waals surface area contributed by atoms with Crippen LogP contribution in [0.15, 0.2) is 23.1 Å². The summed E-state index contributed by atoms with van der Waals surface area (Å²) in [6.07, 6.45) is 8.43. The fourth-order valence-electron chi connectivity index (χ4n) is 3.03. The van der Waals surface area contributed by atoms with Crippen molar-refractivity contribution >= 4 is 40.5 Å². The van der Waals surface area contributed by atoms with Crippen molar-refractivity contribution in [1.82, 2.24) is 14.9 Å². The summed E-state index contributed by atoms with van der Waals surface area (Å²) in [5.41, 5.74) is 0.345. The second-order valence-corrected chi connectivity index (χ2v) is 7.52. The molecule has 31 heavy (non-hydrogen) atoms. The van der Waals surface area contributed by atoms with E-state index in [9.17, 15) is 14.9 Å². The van der Waals surface area contributed by atoms with Gasteiger partial charge in [-0.05, 0) is 13.0 Å². The van der Waals surface area contributed by atoms with Crippen LogP contribution in [0.2, 0.25) is 0 Å². The third-order valence-corrected chi connectivity index (χ3v) is 5.71. The molecule has 0 saturated carbocycles. The molecule has 0 spiro atoms. The molecule has 0 aliphatic carbocycles. The van der Waals surface area contributed by atoms with E-state index in [1.54, 1.807) is 25.4 Å². The minimum atomic E-state index is -0.604. The Hall–Kier alpha value is -3.60. The summed E-state index contributed by atoms with van der Waals surface area (Å²) in [6, 6.07) is 5.58. The number of nitrogens with zero attached hydrogens (tertiary/aromatic N) is 4. The zero-order valence-corrected chi connectivity index (χ0v) is 17.9. The predicted octanol–water partition coefficient (Wildman–Crippen LogP) is -0.565. The third kappa shape index (κ3) is 5.12. The molecule has 1 aliphatic rings. The van der Waals surface area contributed by atoms with Gasteiger partial charge in [-0.2, -0.15) is 5.26 Å². The number of terminal acetylenes is 1. The first-order valence-electron chi connectivity index (χ1n) is 9.70. The highest BCUT2D eigenvalue weighted by atomic mass is 32.1. The Kier molecular flexibility index (Phi) is 7.44. The van der Waals surface area contributed by atoms with Crippen LogP contribution in [0, 0.1) is 23.7 Å². The van der Waals surface area contributed by atoms with Crippen molar-refractivity contribution in [1.29, 1.82) is 5.26 Å². The summed E-state index contributed by atoms with van der Waals surface area (Å²) in [7, 11) is 0. The molecule has 9 nitrogen and oxygen atoms in total. The Bertz CT molecular complexity index is 1210. The summed E-state index contributed by atoms with van der Waals surface area (Å²) in [6.45, 7) is 4.95. The van der Waals surface area contributed by atoms with Gasteiger partial charge in [-0.1, -0.05) is 5.92 Å². The molecule has 3 rings (SSSR count). The minimum absolute atomic E-state index is 0.000196. The van der Waals surface area contributed by atoms with Crippen molar-refractivity contribution in [2.24, 2.45) is 0 Å². The molecule has 0 bridgehead atoms. The highest BCUT2D eigenvalue weighted by molar-refractivity contribution is 7.07. The van der Waals surface area contributed by atoms with Gasteiger partial charge in [-0.15, -0.1) is 17.8 Å². The normalized spacial score (nSPS) is 15.1. The van der Waals surface area contributed by atoms with Gasteiger partial charge in [-0.3, -0.25) is 14.2 Å². The number of carbonyl (C=O) groups is 1. The van der Waals surface area contributed by atoms with E-state index >= 15 is 0 Å². The van der Waals surface area contributed by atoms with E-state index in [4.69, 9.17) is 11.2 Å². The van der Waals surface area contributed by atoms with E-state index < -0.39 is 5.91 Å². The Morgan fingerprint density at radius 1 is 1.45 bits per heavy atom. The number of nitriles is 1. The van der Waals surface area contributed by atoms with Gasteiger partial charge in [-0.25, -0.2) is 4.98 Å². The fraction of sp³-hybridized carbons (Fsp3) is 0.333. The van der Waals surface area contributed by atoms with Gasteiger partial charge in [0.1, 0.15) is 21.1 Å². The number of ether oxygens (including phenoxy) is 1. The van der Waals surface area contributed by atoms with Crippen LogP contribution in [0.1, 0.15) is 6.92 Å². The first kappa shape index (κ1) is 22.1. The van der Waals surface area contributed by atoms with E-state index in [-0.39, 0.29) is 17.7 Å². The van der Waals surface area contributed by atoms with Crippen molar-refractivity contribution in [2.45, 2.75) is 13.5 Å². The second kappa shape index (κ2) is 10.4. The quantitative estimate of drug-likeness (QED) is 0.581. The van der Waals surface area contributed by atoms with Crippen molar-refractivity contribution < 1.29 is 9.53 Å². The van der Waals surface area contributed by atoms with Crippen LogP contribution in [-0.2, 0) is 16.1 Å². The van der Waals surface area contributed by atoms with Gasteiger partial charge >= 0.3 is 0 Å². The number of hydrogen-bond acceptors (Lipinski definition) is 8. The highest BCUT2D eigenvalue weighted by Gasteiger charge is 2.15. The number of aromatic nitrogens is 2. The molecule has 3 heterocycles. The van der Waals surface area contributed by atoms with Crippen molar-refractivity contribution in [3.63, 3.8) is 0 Å². The summed E-state index contributed by atoms with van der Waals surface area (Å²) in [4.78, 5) is 31.6. The summed E-state index contributed by atoms with van der Waals surface area (Å²) >= 11 is 1.07. The first-order valence-corrected chi connectivity index (χ1v) is 10.5. The summed E-state index contributed by atoms with van der Waals surface area (Å²) < 4.78 is 7.44. The lowest BCUT2D eigenvalue weighted by Gasteiger charge is -2.27. The van der Waals surface area contributed by atoms with Gasteiger partial charge < -0.3 is 20.3 Å². The number of hydrogen-bond donors (Lipinski definition) is 2.